The normalized spacial score (nSPS) is 10.9. The Balaban J connectivity index is 2.18. The van der Waals surface area contributed by atoms with Crippen molar-refractivity contribution in [3.63, 3.8) is 0 Å². The third-order valence-corrected chi connectivity index (χ3v) is 4.01. The van der Waals surface area contributed by atoms with Gasteiger partial charge in [-0.15, -0.1) is 0 Å². The fraction of sp³-hybridized carbons (Fsp3) is 0. The lowest BCUT2D eigenvalue weighted by Crippen LogP contribution is -2.05. The van der Waals surface area contributed by atoms with Crippen LogP contribution in [0.2, 0.25) is 10.3 Å². The van der Waals surface area contributed by atoms with Crippen molar-refractivity contribution in [2.75, 3.05) is 0 Å². The molecule has 0 fully saturated rings. The molecular weight excluding hydrogens is 384 g/mol. The minimum Gasteiger partial charge on any atom is -0.206 e. The molecule has 9 heteroatoms. The van der Waals surface area contributed by atoms with Gasteiger partial charge in [0.1, 0.15) is 0 Å². The predicted molar refractivity (Wildman–Crippen MR) is 80.1 cm³/mol. The SMILES string of the molecule is Fc1c(-c2nc(Cl)nc(-n3cccn3)n2)ccc(Br)c1Cl. The van der Waals surface area contributed by atoms with Crippen molar-refractivity contribution < 1.29 is 4.39 Å². The Kier molecular flexibility index (Phi) is 3.88. The second-order valence-electron chi connectivity index (χ2n) is 3.90. The average molecular weight is 389 g/mol. The van der Waals surface area contributed by atoms with Gasteiger partial charge in [0.15, 0.2) is 11.6 Å². The van der Waals surface area contributed by atoms with Gasteiger partial charge in [0.2, 0.25) is 5.28 Å². The van der Waals surface area contributed by atoms with E-state index in [2.05, 4.69) is 36.0 Å². The van der Waals surface area contributed by atoms with E-state index in [9.17, 15) is 4.39 Å². The maximum Gasteiger partial charge on any atom is 0.255 e. The van der Waals surface area contributed by atoms with E-state index in [-0.39, 0.29) is 27.6 Å². The summed E-state index contributed by atoms with van der Waals surface area (Å²) in [7, 11) is 0. The van der Waals surface area contributed by atoms with Crippen LogP contribution in [0.25, 0.3) is 17.3 Å². The van der Waals surface area contributed by atoms with Gasteiger partial charge in [0.25, 0.3) is 5.95 Å². The molecule has 0 aliphatic rings. The quantitative estimate of drug-likeness (QED) is 0.624. The Labute approximate surface area is 136 Å². The average Bonchev–Trinajstić information content (AvgIpc) is 2.98. The van der Waals surface area contributed by atoms with Crippen molar-refractivity contribution in [2.45, 2.75) is 0 Å². The molecule has 0 atom stereocenters. The maximum absolute atomic E-state index is 14.2. The van der Waals surface area contributed by atoms with Gasteiger partial charge >= 0.3 is 0 Å². The van der Waals surface area contributed by atoms with E-state index in [0.29, 0.717) is 4.47 Å². The molecule has 0 N–H and O–H groups in total. The van der Waals surface area contributed by atoms with Crippen molar-refractivity contribution in [3.8, 4) is 17.3 Å². The third-order valence-electron chi connectivity index (χ3n) is 2.58. The molecule has 0 saturated carbocycles. The van der Waals surface area contributed by atoms with E-state index in [0.717, 1.165) is 0 Å². The first-order chi connectivity index (χ1) is 10.1. The zero-order valence-electron chi connectivity index (χ0n) is 10.1. The van der Waals surface area contributed by atoms with Crippen LogP contribution in [0.4, 0.5) is 4.39 Å². The topological polar surface area (TPSA) is 56.5 Å². The van der Waals surface area contributed by atoms with Crippen LogP contribution in [-0.4, -0.2) is 24.7 Å². The molecule has 3 rings (SSSR count). The number of hydrogen-bond acceptors (Lipinski definition) is 4. The van der Waals surface area contributed by atoms with Crippen LogP contribution in [-0.2, 0) is 0 Å². The summed E-state index contributed by atoms with van der Waals surface area (Å²) in [4.78, 5) is 12.0. The molecular formula is C12H5BrCl2FN5. The summed E-state index contributed by atoms with van der Waals surface area (Å²) in [6.07, 6.45) is 3.20. The first-order valence-electron chi connectivity index (χ1n) is 5.61. The lowest BCUT2D eigenvalue weighted by Gasteiger charge is -2.07. The lowest BCUT2D eigenvalue weighted by molar-refractivity contribution is 0.629. The third kappa shape index (κ3) is 2.76. The molecule has 5 nitrogen and oxygen atoms in total. The number of halogens is 4. The van der Waals surface area contributed by atoms with Crippen molar-refractivity contribution in [1.29, 1.82) is 0 Å². The van der Waals surface area contributed by atoms with Crippen molar-refractivity contribution in [3.05, 3.63) is 51.2 Å². The van der Waals surface area contributed by atoms with Crippen molar-refractivity contribution >= 4 is 39.1 Å². The van der Waals surface area contributed by atoms with E-state index < -0.39 is 5.82 Å². The first kappa shape index (κ1) is 14.4. The van der Waals surface area contributed by atoms with Crippen LogP contribution >= 0.6 is 39.1 Å². The number of nitrogens with zero attached hydrogens (tertiary/aromatic N) is 5. The lowest BCUT2D eigenvalue weighted by atomic mass is 10.2. The fourth-order valence-corrected chi connectivity index (χ4v) is 2.27. The Bertz CT molecular complexity index is 810. The Morgan fingerprint density at radius 2 is 1.95 bits per heavy atom. The van der Waals surface area contributed by atoms with Gasteiger partial charge in [-0.05, 0) is 45.7 Å². The predicted octanol–water partition coefficient (Wildman–Crippen LogP) is 3.93. The summed E-state index contributed by atoms with van der Waals surface area (Å²) in [6, 6.07) is 4.81. The van der Waals surface area contributed by atoms with Crippen LogP contribution in [0, 0.1) is 5.82 Å². The van der Waals surface area contributed by atoms with E-state index in [4.69, 9.17) is 23.2 Å². The minimum absolute atomic E-state index is 0.0512. The maximum atomic E-state index is 14.2. The highest BCUT2D eigenvalue weighted by Crippen LogP contribution is 2.32. The second kappa shape index (κ2) is 5.67. The van der Waals surface area contributed by atoms with Crippen LogP contribution in [0.5, 0.6) is 0 Å². The summed E-state index contributed by atoms with van der Waals surface area (Å²) in [5, 5.41) is 3.88. The van der Waals surface area contributed by atoms with Crippen molar-refractivity contribution in [1.82, 2.24) is 24.7 Å². The molecule has 106 valence electrons. The Morgan fingerprint density at radius 3 is 2.67 bits per heavy atom. The summed E-state index contributed by atoms with van der Waals surface area (Å²) in [5.41, 5.74) is 0.126. The molecule has 0 amide bonds. The van der Waals surface area contributed by atoms with Crippen LogP contribution < -0.4 is 0 Å². The molecule has 2 aromatic heterocycles. The summed E-state index contributed by atoms with van der Waals surface area (Å²) >= 11 is 14.9. The van der Waals surface area contributed by atoms with Gasteiger partial charge in [0, 0.05) is 16.9 Å². The summed E-state index contributed by atoms with van der Waals surface area (Å²) in [5.74, 6) is -0.374. The van der Waals surface area contributed by atoms with E-state index in [1.54, 1.807) is 24.5 Å². The molecule has 0 saturated heterocycles. The van der Waals surface area contributed by atoms with Crippen LogP contribution in [0.15, 0.2) is 35.1 Å². The van der Waals surface area contributed by atoms with Crippen molar-refractivity contribution in [2.24, 2.45) is 0 Å². The highest BCUT2D eigenvalue weighted by Gasteiger charge is 2.16. The Hall–Kier alpha value is -1.57. The van der Waals surface area contributed by atoms with Gasteiger partial charge in [-0.3, -0.25) is 0 Å². The molecule has 21 heavy (non-hydrogen) atoms. The molecule has 0 aliphatic heterocycles. The highest BCUT2D eigenvalue weighted by molar-refractivity contribution is 9.10. The number of benzene rings is 1. The number of rotatable bonds is 2. The van der Waals surface area contributed by atoms with Gasteiger partial charge in [0.05, 0.1) is 10.6 Å². The standard InChI is InChI=1S/C12H5BrCl2FN5/c13-7-3-2-6(9(16)8(7)14)10-18-11(15)20-12(19-10)21-5-1-4-17-21/h1-5H. The van der Waals surface area contributed by atoms with E-state index >= 15 is 0 Å². The van der Waals surface area contributed by atoms with Gasteiger partial charge in [-0.25, -0.2) is 9.07 Å². The minimum atomic E-state index is -0.639. The van der Waals surface area contributed by atoms with Crippen LogP contribution in [0.3, 0.4) is 0 Å². The molecule has 1 aromatic carbocycles. The molecule has 0 aliphatic carbocycles. The largest absolute Gasteiger partial charge is 0.255 e. The van der Waals surface area contributed by atoms with Gasteiger partial charge in [-0.2, -0.15) is 20.1 Å². The monoisotopic (exact) mass is 387 g/mol. The van der Waals surface area contributed by atoms with Gasteiger partial charge < -0.3 is 0 Å². The molecule has 0 spiro atoms. The van der Waals surface area contributed by atoms with E-state index in [1.165, 1.54) is 10.7 Å². The van der Waals surface area contributed by atoms with Gasteiger partial charge in [-0.1, -0.05) is 11.6 Å². The molecule has 0 bridgehead atoms. The molecule has 2 heterocycles. The number of hydrogen-bond donors (Lipinski definition) is 0. The Morgan fingerprint density at radius 1 is 1.14 bits per heavy atom. The second-order valence-corrected chi connectivity index (χ2v) is 5.47. The smallest absolute Gasteiger partial charge is 0.206 e. The first-order valence-corrected chi connectivity index (χ1v) is 7.16. The number of aromatic nitrogens is 5. The van der Waals surface area contributed by atoms with E-state index in [1.807, 2.05) is 0 Å². The molecule has 0 unspecified atom stereocenters. The summed E-state index contributed by atoms with van der Waals surface area (Å²) in [6.45, 7) is 0. The molecule has 3 aromatic rings. The highest BCUT2D eigenvalue weighted by atomic mass is 79.9. The fourth-order valence-electron chi connectivity index (χ4n) is 1.65. The summed E-state index contributed by atoms with van der Waals surface area (Å²) < 4.78 is 16.1. The zero-order valence-corrected chi connectivity index (χ0v) is 13.2. The van der Waals surface area contributed by atoms with Crippen LogP contribution in [0.1, 0.15) is 0 Å². The molecule has 0 radical (unpaired) electrons. The zero-order chi connectivity index (χ0) is 15.0.